The lowest BCUT2D eigenvalue weighted by molar-refractivity contribution is -0.135. The highest BCUT2D eigenvalue weighted by Crippen LogP contribution is 2.29. The summed E-state index contributed by atoms with van der Waals surface area (Å²) in [5, 5.41) is 8.94. The second-order valence-electron chi connectivity index (χ2n) is 10.5. The summed E-state index contributed by atoms with van der Waals surface area (Å²) in [6.45, 7) is 4.26. The summed E-state index contributed by atoms with van der Waals surface area (Å²) in [6.07, 6.45) is 4.09. The fraction of sp³-hybridized carbons (Fsp3) is 0.464. The van der Waals surface area contributed by atoms with Gasteiger partial charge in [0.2, 0.25) is 5.91 Å². The first kappa shape index (κ1) is 30.2. The van der Waals surface area contributed by atoms with Gasteiger partial charge in [-0.2, -0.15) is 0 Å². The number of nitrogens with zero attached hydrogens (tertiary/aromatic N) is 4. The van der Waals surface area contributed by atoms with E-state index in [1.165, 1.54) is 11.3 Å². The minimum absolute atomic E-state index is 0. The maximum absolute atomic E-state index is 13.3. The third-order valence-electron chi connectivity index (χ3n) is 7.72. The lowest BCUT2D eigenvalue weighted by Crippen LogP contribution is -2.56. The summed E-state index contributed by atoms with van der Waals surface area (Å²) in [5.74, 6) is -0.752. The predicted octanol–water partition coefficient (Wildman–Crippen LogP) is 3.93. The van der Waals surface area contributed by atoms with Gasteiger partial charge < -0.3 is 20.4 Å². The van der Waals surface area contributed by atoms with Crippen LogP contribution >= 0.6 is 35.3 Å². The quantitative estimate of drug-likeness (QED) is 0.441. The molecule has 2 aromatic heterocycles. The molecular formula is C28H34Cl2N6O3S. The van der Waals surface area contributed by atoms with Gasteiger partial charge in [0.05, 0.1) is 11.7 Å². The van der Waals surface area contributed by atoms with Crippen molar-refractivity contribution in [1.82, 2.24) is 30.4 Å². The molecule has 5 rings (SSSR count). The second-order valence-corrected chi connectivity index (χ2v) is 12.0. The lowest BCUT2D eigenvalue weighted by atomic mass is 9.81. The summed E-state index contributed by atoms with van der Waals surface area (Å²) in [7, 11) is 3.85. The van der Waals surface area contributed by atoms with Gasteiger partial charge in [0.15, 0.2) is 5.01 Å². The van der Waals surface area contributed by atoms with E-state index in [0.29, 0.717) is 35.8 Å². The Balaban J connectivity index is 0.00000370. The maximum atomic E-state index is 13.3. The van der Waals surface area contributed by atoms with Gasteiger partial charge >= 0.3 is 0 Å². The minimum Gasteiger partial charge on any atom is -0.346 e. The highest BCUT2D eigenvalue weighted by atomic mass is 35.5. The fourth-order valence-electron chi connectivity index (χ4n) is 5.32. The molecule has 2 N–H and O–H groups in total. The molecule has 0 bridgehead atoms. The Labute approximate surface area is 249 Å². The standard InChI is InChI=1S/C28H33ClN6O3S.ClH/c1-4-35(3)28(38)17-6-8-20(31-25(36)23-12-16-5-7-19(29)11-18(16)14-30-23)22(13-17)32-26(37)27-33-21-9-10-34(2)15-24(21)39-27;/h5,7,11-12,14,17,20,22H,4,6,8-10,13,15H2,1-3H3,(H,31,36)(H,32,37);1H/t17-,20-,22+;/m0./s1. The van der Waals surface area contributed by atoms with Crippen LogP contribution in [0.5, 0.6) is 0 Å². The molecule has 9 nitrogen and oxygen atoms in total. The number of amides is 3. The van der Waals surface area contributed by atoms with E-state index in [2.05, 4.69) is 32.5 Å². The molecule has 3 heterocycles. The Morgan fingerprint density at radius 1 is 1.12 bits per heavy atom. The zero-order valence-electron chi connectivity index (χ0n) is 22.8. The summed E-state index contributed by atoms with van der Waals surface area (Å²) in [6, 6.07) is 6.40. The molecule has 3 amide bonds. The minimum atomic E-state index is -0.419. The van der Waals surface area contributed by atoms with E-state index in [-0.39, 0.29) is 47.8 Å². The molecule has 2 aliphatic rings. The number of thiazole rings is 1. The first-order valence-electron chi connectivity index (χ1n) is 13.3. The number of benzene rings is 1. The topological polar surface area (TPSA) is 108 Å². The van der Waals surface area contributed by atoms with Crippen LogP contribution in [0.2, 0.25) is 5.02 Å². The number of nitrogens with one attached hydrogen (secondary N) is 2. The van der Waals surface area contributed by atoms with E-state index < -0.39 is 6.04 Å². The second kappa shape index (κ2) is 12.8. The molecular weight excluding hydrogens is 571 g/mol. The third kappa shape index (κ3) is 6.57. The van der Waals surface area contributed by atoms with Gasteiger partial charge in [0, 0.05) is 66.5 Å². The van der Waals surface area contributed by atoms with Crippen LogP contribution in [0.1, 0.15) is 57.0 Å². The number of carbonyl (C=O) groups is 3. The van der Waals surface area contributed by atoms with E-state index in [0.717, 1.165) is 40.9 Å². The number of rotatable bonds is 6. The predicted molar refractivity (Wildman–Crippen MR) is 159 cm³/mol. The van der Waals surface area contributed by atoms with Gasteiger partial charge in [0.25, 0.3) is 11.8 Å². The van der Waals surface area contributed by atoms with Crippen LogP contribution in [0.4, 0.5) is 0 Å². The molecule has 3 atom stereocenters. The van der Waals surface area contributed by atoms with E-state index >= 15 is 0 Å². The maximum Gasteiger partial charge on any atom is 0.280 e. The monoisotopic (exact) mass is 604 g/mol. The number of halogens is 2. The first-order valence-corrected chi connectivity index (χ1v) is 14.5. The van der Waals surface area contributed by atoms with Crippen LogP contribution in [0.3, 0.4) is 0 Å². The van der Waals surface area contributed by atoms with Gasteiger partial charge in [-0.25, -0.2) is 4.98 Å². The molecule has 1 aliphatic heterocycles. The van der Waals surface area contributed by atoms with E-state index in [9.17, 15) is 14.4 Å². The van der Waals surface area contributed by atoms with Gasteiger partial charge in [-0.15, -0.1) is 23.7 Å². The number of fused-ring (bicyclic) bond motifs is 2. The normalized spacial score (nSPS) is 20.8. The first-order chi connectivity index (χ1) is 18.7. The lowest BCUT2D eigenvalue weighted by Gasteiger charge is -2.37. The van der Waals surface area contributed by atoms with Crippen LogP contribution < -0.4 is 10.6 Å². The summed E-state index contributed by atoms with van der Waals surface area (Å²) in [5.41, 5.74) is 1.27. The molecule has 12 heteroatoms. The Morgan fingerprint density at radius 2 is 1.90 bits per heavy atom. The molecule has 40 heavy (non-hydrogen) atoms. The van der Waals surface area contributed by atoms with Crippen molar-refractivity contribution in [1.29, 1.82) is 0 Å². The summed E-state index contributed by atoms with van der Waals surface area (Å²) < 4.78 is 0. The van der Waals surface area contributed by atoms with Gasteiger partial charge in [-0.05, 0) is 56.8 Å². The van der Waals surface area contributed by atoms with Crippen molar-refractivity contribution in [2.24, 2.45) is 5.92 Å². The number of pyridine rings is 1. The Kier molecular flexibility index (Phi) is 9.66. The molecule has 1 fully saturated rings. The molecule has 3 aromatic rings. The van der Waals surface area contributed by atoms with E-state index in [4.69, 9.17) is 11.6 Å². The van der Waals surface area contributed by atoms with Gasteiger partial charge in [0.1, 0.15) is 5.69 Å². The smallest absolute Gasteiger partial charge is 0.280 e. The van der Waals surface area contributed by atoms with Crippen molar-refractivity contribution < 1.29 is 14.4 Å². The van der Waals surface area contributed by atoms with Crippen molar-refractivity contribution in [3.8, 4) is 0 Å². The van der Waals surface area contributed by atoms with Crippen molar-refractivity contribution >= 4 is 63.8 Å². The molecule has 1 aromatic carbocycles. The third-order valence-corrected chi connectivity index (χ3v) is 9.03. The molecule has 0 radical (unpaired) electrons. The Bertz CT molecular complexity index is 1420. The summed E-state index contributed by atoms with van der Waals surface area (Å²) in [4.78, 5) is 53.6. The van der Waals surface area contributed by atoms with Crippen molar-refractivity contribution in [2.75, 3.05) is 27.2 Å². The molecule has 0 unspecified atom stereocenters. The zero-order valence-corrected chi connectivity index (χ0v) is 25.2. The van der Waals surface area contributed by atoms with E-state index in [1.807, 2.05) is 13.0 Å². The number of carbonyl (C=O) groups excluding carboxylic acids is 3. The van der Waals surface area contributed by atoms with Gasteiger partial charge in [-0.1, -0.05) is 17.7 Å². The Hall–Kier alpha value is -2.79. The highest BCUT2D eigenvalue weighted by molar-refractivity contribution is 7.13. The van der Waals surface area contributed by atoms with Crippen LogP contribution in [-0.4, -0.2) is 76.8 Å². The molecule has 214 valence electrons. The van der Waals surface area contributed by atoms with E-state index in [1.54, 1.807) is 36.3 Å². The molecule has 1 aliphatic carbocycles. The van der Waals surface area contributed by atoms with Gasteiger partial charge in [-0.3, -0.25) is 19.4 Å². The average Bonchev–Trinajstić information content (AvgIpc) is 3.36. The van der Waals surface area contributed by atoms with Crippen LogP contribution in [-0.2, 0) is 17.8 Å². The number of hydrogen-bond acceptors (Lipinski definition) is 7. The summed E-state index contributed by atoms with van der Waals surface area (Å²) >= 11 is 7.49. The SMILES string of the molecule is CCN(C)C(=O)[C@H]1CC[C@H](NC(=O)c2cc3ccc(Cl)cc3cn2)[C@H](NC(=O)c2nc3c(s2)CN(C)CC3)C1.Cl. The molecule has 0 spiro atoms. The highest BCUT2D eigenvalue weighted by Gasteiger charge is 2.37. The zero-order chi connectivity index (χ0) is 27.7. The largest absolute Gasteiger partial charge is 0.346 e. The number of aromatic nitrogens is 2. The fourth-order valence-corrected chi connectivity index (χ4v) is 6.60. The van der Waals surface area contributed by atoms with Crippen molar-refractivity contribution in [3.05, 3.63) is 56.8 Å². The molecule has 0 saturated heterocycles. The van der Waals surface area contributed by atoms with Crippen molar-refractivity contribution in [2.45, 2.75) is 51.2 Å². The van der Waals surface area contributed by atoms with Crippen LogP contribution in [0.15, 0.2) is 30.5 Å². The van der Waals surface area contributed by atoms with Crippen LogP contribution in [0, 0.1) is 5.92 Å². The van der Waals surface area contributed by atoms with Crippen molar-refractivity contribution in [3.63, 3.8) is 0 Å². The Morgan fingerprint density at radius 3 is 2.67 bits per heavy atom. The average molecular weight is 606 g/mol. The van der Waals surface area contributed by atoms with Crippen LogP contribution in [0.25, 0.3) is 10.8 Å². The number of likely N-dealkylation sites (N-methyl/N-ethyl adjacent to an activating group) is 1. The number of hydrogen-bond donors (Lipinski definition) is 2. The molecule has 1 saturated carbocycles.